The molecule has 1 N–H and O–H groups in total. The Morgan fingerprint density at radius 1 is 1.40 bits per heavy atom. The van der Waals surface area contributed by atoms with Crippen LogP contribution in [0.4, 0.5) is 0 Å². The number of ether oxygens (including phenoxy) is 1. The lowest BCUT2D eigenvalue weighted by atomic mass is 10.0. The van der Waals surface area contributed by atoms with Crippen LogP contribution in [-0.2, 0) is 22.5 Å². The van der Waals surface area contributed by atoms with Gasteiger partial charge in [-0.15, -0.1) is 0 Å². The quantitative estimate of drug-likeness (QED) is 0.864. The van der Waals surface area contributed by atoms with Crippen molar-refractivity contribution in [2.45, 2.75) is 52.0 Å². The first-order valence-electron chi connectivity index (χ1n) is 8.71. The molecule has 1 fully saturated rings. The maximum Gasteiger partial charge on any atom is 0.220 e. The summed E-state index contributed by atoms with van der Waals surface area (Å²) in [6.45, 7) is 5.65. The van der Waals surface area contributed by atoms with E-state index >= 15 is 0 Å². The monoisotopic (exact) mass is 344 g/mol. The fourth-order valence-corrected chi connectivity index (χ4v) is 3.03. The smallest absolute Gasteiger partial charge is 0.220 e. The predicted octanol–water partition coefficient (Wildman–Crippen LogP) is 2.22. The fraction of sp³-hybridized carbons (Fsp3) is 0.556. The Morgan fingerprint density at radius 3 is 3.00 bits per heavy atom. The second kappa shape index (κ2) is 8.20. The van der Waals surface area contributed by atoms with E-state index in [0.29, 0.717) is 26.0 Å². The Hall–Kier alpha value is -2.28. The summed E-state index contributed by atoms with van der Waals surface area (Å²) in [5.41, 5.74) is 2.68. The molecule has 2 aromatic rings. The van der Waals surface area contributed by atoms with Crippen molar-refractivity contribution in [3.05, 3.63) is 40.8 Å². The Morgan fingerprint density at radius 2 is 2.28 bits per heavy atom. The van der Waals surface area contributed by atoms with Crippen molar-refractivity contribution in [1.29, 1.82) is 0 Å². The van der Waals surface area contributed by atoms with Gasteiger partial charge < -0.3 is 14.6 Å². The van der Waals surface area contributed by atoms with E-state index in [1.807, 2.05) is 19.9 Å². The molecule has 3 heterocycles. The van der Waals surface area contributed by atoms with E-state index in [-0.39, 0.29) is 11.8 Å². The van der Waals surface area contributed by atoms with Crippen LogP contribution in [0.2, 0.25) is 0 Å². The van der Waals surface area contributed by atoms with Gasteiger partial charge in [0.1, 0.15) is 11.6 Å². The standard InChI is InChI=1S/C18H24N4O3/c1-12-16(13(2)25-22-12)5-6-17(23)20-10-15-7-8-19-18(21-15)14-4-3-9-24-11-14/h7-8,14H,3-6,9-11H2,1-2H3,(H,20,23). The van der Waals surface area contributed by atoms with E-state index in [1.54, 1.807) is 6.20 Å². The summed E-state index contributed by atoms with van der Waals surface area (Å²) < 4.78 is 10.6. The third-order valence-electron chi connectivity index (χ3n) is 4.51. The molecule has 2 aromatic heterocycles. The summed E-state index contributed by atoms with van der Waals surface area (Å²) in [5, 5.41) is 6.83. The van der Waals surface area contributed by atoms with Crippen molar-refractivity contribution in [3.63, 3.8) is 0 Å². The number of hydrogen-bond donors (Lipinski definition) is 1. The first kappa shape index (κ1) is 17.5. The van der Waals surface area contributed by atoms with Crippen molar-refractivity contribution in [2.75, 3.05) is 13.2 Å². The number of carbonyl (C=O) groups excluding carboxylic acids is 1. The van der Waals surface area contributed by atoms with E-state index in [0.717, 1.165) is 48.0 Å². The molecule has 0 aromatic carbocycles. The van der Waals surface area contributed by atoms with Crippen molar-refractivity contribution in [3.8, 4) is 0 Å². The van der Waals surface area contributed by atoms with Gasteiger partial charge in [0, 0.05) is 30.7 Å². The summed E-state index contributed by atoms with van der Waals surface area (Å²) in [6.07, 6.45) is 4.87. The molecule has 3 rings (SSSR count). The molecule has 25 heavy (non-hydrogen) atoms. The number of hydrogen-bond acceptors (Lipinski definition) is 6. The molecular formula is C18H24N4O3. The van der Waals surface area contributed by atoms with Crippen LogP contribution in [0.25, 0.3) is 0 Å². The minimum absolute atomic E-state index is 0.0128. The molecule has 0 spiro atoms. The molecule has 7 heteroatoms. The van der Waals surface area contributed by atoms with Crippen LogP contribution in [-0.4, -0.2) is 34.2 Å². The average molecular weight is 344 g/mol. The van der Waals surface area contributed by atoms with Gasteiger partial charge in [-0.1, -0.05) is 5.16 Å². The number of nitrogens with zero attached hydrogens (tertiary/aromatic N) is 3. The second-order valence-corrected chi connectivity index (χ2v) is 6.40. The highest BCUT2D eigenvalue weighted by Crippen LogP contribution is 2.22. The van der Waals surface area contributed by atoms with Crippen LogP contribution in [0.3, 0.4) is 0 Å². The highest BCUT2D eigenvalue weighted by atomic mass is 16.5. The topological polar surface area (TPSA) is 90.1 Å². The molecule has 1 amide bonds. The maximum atomic E-state index is 12.1. The molecule has 0 saturated carbocycles. The minimum atomic E-state index is -0.0128. The highest BCUT2D eigenvalue weighted by Gasteiger charge is 2.19. The summed E-state index contributed by atoms with van der Waals surface area (Å²) in [5.74, 6) is 1.83. The van der Waals surface area contributed by atoms with E-state index in [2.05, 4.69) is 20.4 Å². The zero-order valence-electron chi connectivity index (χ0n) is 14.7. The van der Waals surface area contributed by atoms with Crippen molar-refractivity contribution >= 4 is 5.91 Å². The summed E-state index contributed by atoms with van der Waals surface area (Å²) in [4.78, 5) is 21.0. The summed E-state index contributed by atoms with van der Waals surface area (Å²) in [7, 11) is 0. The molecule has 0 radical (unpaired) electrons. The zero-order valence-corrected chi connectivity index (χ0v) is 14.7. The third-order valence-corrected chi connectivity index (χ3v) is 4.51. The molecule has 1 atom stereocenters. The second-order valence-electron chi connectivity index (χ2n) is 6.40. The predicted molar refractivity (Wildman–Crippen MR) is 91.0 cm³/mol. The van der Waals surface area contributed by atoms with Gasteiger partial charge in [0.2, 0.25) is 5.91 Å². The van der Waals surface area contributed by atoms with Crippen LogP contribution >= 0.6 is 0 Å². The molecule has 7 nitrogen and oxygen atoms in total. The van der Waals surface area contributed by atoms with Crippen molar-refractivity contribution in [2.24, 2.45) is 0 Å². The number of carbonyl (C=O) groups is 1. The molecule has 1 saturated heterocycles. The number of rotatable bonds is 6. The first-order valence-corrected chi connectivity index (χ1v) is 8.71. The number of amides is 1. The van der Waals surface area contributed by atoms with Gasteiger partial charge in [-0.05, 0) is 39.2 Å². The molecule has 0 bridgehead atoms. The van der Waals surface area contributed by atoms with Gasteiger partial charge >= 0.3 is 0 Å². The lowest BCUT2D eigenvalue weighted by Gasteiger charge is -2.20. The van der Waals surface area contributed by atoms with Gasteiger partial charge in [-0.2, -0.15) is 0 Å². The fourth-order valence-electron chi connectivity index (χ4n) is 3.03. The lowest BCUT2D eigenvalue weighted by molar-refractivity contribution is -0.121. The SMILES string of the molecule is Cc1noc(C)c1CCC(=O)NCc1ccnc(C2CCCOC2)n1. The van der Waals surface area contributed by atoms with Crippen LogP contribution in [0, 0.1) is 13.8 Å². The van der Waals surface area contributed by atoms with Crippen molar-refractivity contribution in [1.82, 2.24) is 20.4 Å². The molecular weight excluding hydrogens is 320 g/mol. The lowest BCUT2D eigenvalue weighted by Crippen LogP contribution is -2.24. The first-order chi connectivity index (χ1) is 12.1. The van der Waals surface area contributed by atoms with Gasteiger partial charge in [0.05, 0.1) is 24.5 Å². The number of nitrogens with one attached hydrogen (secondary N) is 1. The van der Waals surface area contributed by atoms with Crippen molar-refractivity contribution < 1.29 is 14.1 Å². The van der Waals surface area contributed by atoms with Gasteiger partial charge in [0.15, 0.2) is 0 Å². The maximum absolute atomic E-state index is 12.1. The molecule has 0 aliphatic carbocycles. The van der Waals surface area contributed by atoms with Crippen LogP contribution in [0.1, 0.15) is 53.7 Å². The van der Waals surface area contributed by atoms with Gasteiger partial charge in [-0.3, -0.25) is 4.79 Å². The van der Waals surface area contributed by atoms with E-state index in [1.165, 1.54) is 0 Å². The van der Waals surface area contributed by atoms with Gasteiger partial charge in [-0.25, -0.2) is 9.97 Å². The Bertz CT molecular complexity index is 703. The Balaban J connectivity index is 1.50. The molecule has 1 aliphatic heterocycles. The number of aromatic nitrogens is 3. The normalized spacial score (nSPS) is 17.4. The zero-order chi connectivity index (χ0) is 17.6. The highest BCUT2D eigenvalue weighted by molar-refractivity contribution is 5.76. The molecule has 1 aliphatic rings. The number of aryl methyl sites for hydroxylation is 2. The van der Waals surface area contributed by atoms with E-state index in [9.17, 15) is 4.79 Å². The molecule has 1 unspecified atom stereocenters. The van der Waals surface area contributed by atoms with E-state index < -0.39 is 0 Å². The van der Waals surface area contributed by atoms with E-state index in [4.69, 9.17) is 9.26 Å². The molecule has 134 valence electrons. The average Bonchev–Trinajstić information content (AvgIpc) is 2.97. The van der Waals surface area contributed by atoms with Gasteiger partial charge in [0.25, 0.3) is 0 Å². The van der Waals surface area contributed by atoms with Crippen LogP contribution in [0.5, 0.6) is 0 Å². The Labute approximate surface area is 147 Å². The Kier molecular flexibility index (Phi) is 5.75. The minimum Gasteiger partial charge on any atom is -0.381 e. The third kappa shape index (κ3) is 4.63. The van der Waals surface area contributed by atoms with Crippen LogP contribution < -0.4 is 5.32 Å². The largest absolute Gasteiger partial charge is 0.381 e. The summed E-state index contributed by atoms with van der Waals surface area (Å²) in [6, 6.07) is 1.84. The van der Waals surface area contributed by atoms with Crippen LogP contribution in [0.15, 0.2) is 16.8 Å². The summed E-state index contributed by atoms with van der Waals surface area (Å²) >= 11 is 0.